The lowest BCUT2D eigenvalue weighted by Crippen LogP contribution is -2.24. The molecule has 20 heavy (non-hydrogen) atoms. The molecule has 104 valence electrons. The molecule has 1 N–H and O–H groups in total. The molecule has 0 fully saturated rings. The fourth-order valence-electron chi connectivity index (χ4n) is 1.61. The van der Waals surface area contributed by atoms with Gasteiger partial charge in [0.1, 0.15) is 17.5 Å². The fourth-order valence-corrected chi connectivity index (χ4v) is 1.61. The van der Waals surface area contributed by atoms with Crippen LogP contribution in [0.2, 0.25) is 0 Å². The van der Waals surface area contributed by atoms with E-state index in [9.17, 15) is 9.18 Å². The highest BCUT2D eigenvalue weighted by atomic mass is 19.1. The van der Waals surface area contributed by atoms with Crippen LogP contribution >= 0.6 is 0 Å². The predicted molar refractivity (Wildman–Crippen MR) is 73.9 cm³/mol. The summed E-state index contributed by atoms with van der Waals surface area (Å²) in [5.41, 5.74) is 0.272. The van der Waals surface area contributed by atoms with Crippen LogP contribution in [-0.2, 0) is 6.54 Å². The van der Waals surface area contributed by atoms with Crippen molar-refractivity contribution >= 4 is 11.7 Å². The van der Waals surface area contributed by atoms with Gasteiger partial charge in [0.25, 0.3) is 5.91 Å². The van der Waals surface area contributed by atoms with Crippen molar-refractivity contribution in [3.8, 4) is 0 Å². The summed E-state index contributed by atoms with van der Waals surface area (Å²) in [6.45, 7) is 0.191. The molecule has 0 atom stereocenters. The Morgan fingerprint density at radius 3 is 2.85 bits per heavy atom. The summed E-state index contributed by atoms with van der Waals surface area (Å²) in [4.78, 5) is 22.1. The average molecular weight is 274 g/mol. The Hall–Kier alpha value is -2.50. The first kappa shape index (κ1) is 13.9. The summed E-state index contributed by atoms with van der Waals surface area (Å²) < 4.78 is 13.0. The highest BCUT2D eigenvalue weighted by Gasteiger charge is 2.07. The van der Waals surface area contributed by atoms with Gasteiger partial charge in [0.15, 0.2) is 0 Å². The zero-order valence-electron chi connectivity index (χ0n) is 11.3. The molecule has 0 aliphatic rings. The largest absolute Gasteiger partial charge is 0.363 e. The standard InChI is InChI=1S/C14H15FN4O/c1-19(2)13-6-7-16-12(18-13)9-17-14(20)10-4-3-5-11(15)8-10/h3-8H,9H2,1-2H3,(H,17,20). The molecule has 0 saturated carbocycles. The Morgan fingerprint density at radius 2 is 2.15 bits per heavy atom. The van der Waals surface area contributed by atoms with Crippen LogP contribution in [0.15, 0.2) is 36.5 Å². The third-order valence-corrected chi connectivity index (χ3v) is 2.64. The number of anilines is 1. The molecule has 0 saturated heterocycles. The second kappa shape index (κ2) is 6.10. The van der Waals surface area contributed by atoms with Crippen LogP contribution < -0.4 is 10.2 Å². The molecular weight excluding hydrogens is 259 g/mol. The molecule has 5 nitrogen and oxygen atoms in total. The maximum absolute atomic E-state index is 13.0. The number of hydrogen-bond donors (Lipinski definition) is 1. The molecular formula is C14H15FN4O. The highest BCUT2D eigenvalue weighted by molar-refractivity contribution is 5.94. The molecule has 0 spiro atoms. The van der Waals surface area contributed by atoms with Gasteiger partial charge in [0.05, 0.1) is 6.54 Å². The molecule has 1 amide bonds. The lowest BCUT2D eigenvalue weighted by molar-refractivity contribution is 0.0949. The minimum Gasteiger partial charge on any atom is -0.363 e. The Kier molecular flexibility index (Phi) is 4.24. The van der Waals surface area contributed by atoms with Gasteiger partial charge in [-0.25, -0.2) is 14.4 Å². The molecule has 6 heteroatoms. The van der Waals surface area contributed by atoms with Gasteiger partial charge in [-0.15, -0.1) is 0 Å². The zero-order valence-corrected chi connectivity index (χ0v) is 11.3. The van der Waals surface area contributed by atoms with Crippen molar-refractivity contribution < 1.29 is 9.18 Å². The number of hydrogen-bond acceptors (Lipinski definition) is 4. The third kappa shape index (κ3) is 3.50. The molecule has 1 aromatic carbocycles. The van der Waals surface area contributed by atoms with Crippen molar-refractivity contribution in [3.05, 3.63) is 53.7 Å². The van der Waals surface area contributed by atoms with Gasteiger partial charge >= 0.3 is 0 Å². The van der Waals surface area contributed by atoms with E-state index in [2.05, 4.69) is 15.3 Å². The van der Waals surface area contributed by atoms with E-state index >= 15 is 0 Å². The highest BCUT2D eigenvalue weighted by Crippen LogP contribution is 2.06. The number of carbonyl (C=O) groups is 1. The molecule has 0 radical (unpaired) electrons. The van der Waals surface area contributed by atoms with Crippen molar-refractivity contribution in [2.75, 3.05) is 19.0 Å². The smallest absolute Gasteiger partial charge is 0.251 e. The lowest BCUT2D eigenvalue weighted by Gasteiger charge is -2.11. The summed E-state index contributed by atoms with van der Waals surface area (Å²) in [6, 6.07) is 7.30. The summed E-state index contributed by atoms with van der Waals surface area (Å²) in [6.07, 6.45) is 1.63. The normalized spacial score (nSPS) is 10.2. The average Bonchev–Trinajstić information content (AvgIpc) is 2.45. The van der Waals surface area contributed by atoms with Crippen molar-refractivity contribution in [1.29, 1.82) is 0 Å². The number of amides is 1. The molecule has 1 aromatic heterocycles. The van der Waals surface area contributed by atoms with Gasteiger partial charge in [-0.05, 0) is 24.3 Å². The van der Waals surface area contributed by atoms with Crippen LogP contribution in [0, 0.1) is 5.82 Å². The predicted octanol–water partition coefficient (Wildman–Crippen LogP) is 1.61. The second-order valence-electron chi connectivity index (χ2n) is 4.42. The Balaban J connectivity index is 2.02. The van der Waals surface area contributed by atoms with E-state index in [1.807, 2.05) is 19.0 Å². The number of carbonyl (C=O) groups excluding carboxylic acids is 1. The van der Waals surface area contributed by atoms with Crippen LogP contribution in [0.25, 0.3) is 0 Å². The van der Waals surface area contributed by atoms with E-state index < -0.39 is 5.82 Å². The molecule has 2 rings (SSSR count). The summed E-state index contributed by atoms with van der Waals surface area (Å²) >= 11 is 0. The van der Waals surface area contributed by atoms with E-state index in [1.54, 1.807) is 18.3 Å². The van der Waals surface area contributed by atoms with Gasteiger partial charge in [-0.3, -0.25) is 4.79 Å². The van der Waals surface area contributed by atoms with Crippen LogP contribution in [0.4, 0.5) is 10.2 Å². The van der Waals surface area contributed by atoms with E-state index in [1.165, 1.54) is 18.2 Å². The van der Waals surface area contributed by atoms with Crippen LogP contribution in [0.1, 0.15) is 16.2 Å². The first-order chi connectivity index (χ1) is 9.56. The Labute approximate surface area is 116 Å². The van der Waals surface area contributed by atoms with E-state index in [-0.39, 0.29) is 18.0 Å². The first-order valence-corrected chi connectivity index (χ1v) is 6.09. The van der Waals surface area contributed by atoms with Crippen LogP contribution in [0.5, 0.6) is 0 Å². The second-order valence-corrected chi connectivity index (χ2v) is 4.42. The number of aromatic nitrogens is 2. The molecule has 0 aliphatic heterocycles. The number of nitrogens with one attached hydrogen (secondary N) is 1. The summed E-state index contributed by atoms with van der Waals surface area (Å²) in [7, 11) is 3.74. The molecule has 0 unspecified atom stereocenters. The van der Waals surface area contributed by atoms with Crippen molar-refractivity contribution in [2.45, 2.75) is 6.54 Å². The van der Waals surface area contributed by atoms with Gasteiger partial charge < -0.3 is 10.2 Å². The molecule has 1 heterocycles. The van der Waals surface area contributed by atoms with Gasteiger partial charge in [0.2, 0.25) is 0 Å². The minimum absolute atomic E-state index is 0.191. The Morgan fingerprint density at radius 1 is 1.35 bits per heavy atom. The number of halogens is 1. The SMILES string of the molecule is CN(C)c1ccnc(CNC(=O)c2cccc(F)c2)n1. The topological polar surface area (TPSA) is 58.1 Å². The molecule has 0 bridgehead atoms. The quantitative estimate of drug-likeness (QED) is 0.920. The Bertz CT molecular complexity index is 616. The maximum atomic E-state index is 13.0. The fraction of sp³-hybridized carbons (Fsp3) is 0.214. The van der Waals surface area contributed by atoms with Crippen molar-refractivity contribution in [3.63, 3.8) is 0 Å². The van der Waals surface area contributed by atoms with Crippen LogP contribution in [-0.4, -0.2) is 30.0 Å². The number of rotatable bonds is 4. The maximum Gasteiger partial charge on any atom is 0.251 e. The first-order valence-electron chi connectivity index (χ1n) is 6.09. The molecule has 2 aromatic rings. The van der Waals surface area contributed by atoms with Gasteiger partial charge in [-0.2, -0.15) is 0 Å². The summed E-state index contributed by atoms with van der Waals surface area (Å²) in [5.74, 6) is 0.461. The summed E-state index contributed by atoms with van der Waals surface area (Å²) in [5, 5.41) is 2.66. The van der Waals surface area contributed by atoms with E-state index in [0.717, 1.165) is 5.82 Å². The zero-order chi connectivity index (χ0) is 14.5. The van der Waals surface area contributed by atoms with Gasteiger partial charge in [0, 0.05) is 25.9 Å². The molecule has 0 aliphatic carbocycles. The minimum atomic E-state index is -0.441. The van der Waals surface area contributed by atoms with E-state index in [4.69, 9.17) is 0 Å². The van der Waals surface area contributed by atoms with Crippen molar-refractivity contribution in [1.82, 2.24) is 15.3 Å². The monoisotopic (exact) mass is 274 g/mol. The van der Waals surface area contributed by atoms with Gasteiger partial charge in [-0.1, -0.05) is 6.07 Å². The van der Waals surface area contributed by atoms with Crippen LogP contribution in [0.3, 0.4) is 0 Å². The van der Waals surface area contributed by atoms with Crippen molar-refractivity contribution in [2.24, 2.45) is 0 Å². The number of benzene rings is 1. The lowest BCUT2D eigenvalue weighted by atomic mass is 10.2. The third-order valence-electron chi connectivity index (χ3n) is 2.64. The number of nitrogens with zero attached hydrogens (tertiary/aromatic N) is 3. The van der Waals surface area contributed by atoms with E-state index in [0.29, 0.717) is 5.82 Å².